The van der Waals surface area contributed by atoms with Crippen molar-refractivity contribution in [1.82, 2.24) is 19.4 Å². The molecule has 1 atom stereocenters. The molecule has 9 nitrogen and oxygen atoms in total. The summed E-state index contributed by atoms with van der Waals surface area (Å²) in [5.41, 5.74) is 3.78. The van der Waals surface area contributed by atoms with Crippen LogP contribution in [0.1, 0.15) is 36.1 Å². The Hall–Kier alpha value is -3.21. The number of urea groups is 1. The van der Waals surface area contributed by atoms with Gasteiger partial charge in [-0.2, -0.15) is 4.31 Å². The van der Waals surface area contributed by atoms with E-state index in [9.17, 15) is 18.0 Å². The summed E-state index contributed by atoms with van der Waals surface area (Å²) in [6, 6.07) is 13.6. The van der Waals surface area contributed by atoms with Gasteiger partial charge in [-0.15, -0.1) is 0 Å². The van der Waals surface area contributed by atoms with Gasteiger partial charge in [0.2, 0.25) is 10.0 Å². The van der Waals surface area contributed by atoms with E-state index in [1.165, 1.54) is 9.21 Å². The lowest BCUT2D eigenvalue weighted by atomic mass is 9.93. The highest BCUT2D eigenvalue weighted by atomic mass is 32.2. The number of esters is 1. The van der Waals surface area contributed by atoms with Crippen molar-refractivity contribution in [3.63, 3.8) is 0 Å². The maximum atomic E-state index is 13.3. The fourth-order valence-corrected chi connectivity index (χ4v) is 6.38. The molecule has 1 saturated heterocycles. The molecule has 10 heteroatoms. The van der Waals surface area contributed by atoms with Crippen LogP contribution in [0.25, 0.3) is 0 Å². The first-order valence-corrected chi connectivity index (χ1v) is 14.4. The lowest BCUT2D eigenvalue weighted by Crippen LogP contribution is -2.49. The van der Waals surface area contributed by atoms with Crippen molar-refractivity contribution in [2.45, 2.75) is 38.1 Å². The number of likely N-dealkylation sites (N-methyl/N-ethyl adjacent to an activating group) is 1. The lowest BCUT2D eigenvalue weighted by Gasteiger charge is -2.36. The summed E-state index contributed by atoms with van der Waals surface area (Å²) in [5.74, 6) is -0.473. The Labute approximate surface area is 225 Å². The highest BCUT2D eigenvalue weighted by molar-refractivity contribution is 7.89. The van der Waals surface area contributed by atoms with Crippen molar-refractivity contribution in [2.75, 3.05) is 46.4 Å². The van der Waals surface area contributed by atoms with Crippen molar-refractivity contribution in [3.05, 3.63) is 76.5 Å². The second-order valence-electron chi connectivity index (χ2n) is 9.78. The number of benzene rings is 2. The van der Waals surface area contributed by atoms with Gasteiger partial charge in [-0.25, -0.2) is 18.0 Å². The highest BCUT2D eigenvalue weighted by Gasteiger charge is 2.38. The zero-order valence-electron chi connectivity index (χ0n) is 22.4. The first-order valence-electron chi connectivity index (χ1n) is 12.9. The second kappa shape index (κ2) is 11.7. The van der Waals surface area contributed by atoms with Crippen molar-refractivity contribution in [3.8, 4) is 0 Å². The molecule has 0 aliphatic carbocycles. The molecule has 1 N–H and O–H groups in total. The number of hydrogen-bond acceptors (Lipinski definition) is 6. The zero-order valence-corrected chi connectivity index (χ0v) is 23.3. The number of ether oxygens (including phenoxy) is 1. The first-order chi connectivity index (χ1) is 18.1. The smallest absolute Gasteiger partial charge is 0.338 e. The SMILES string of the molecule is CCOC(=O)C1=C(CN2CCCN(S(=O)(=O)c3ccc(C)cc3)CC2)N(C)C(=O)N[C@H]1c1cccc(C)c1. The van der Waals surface area contributed by atoms with Crippen LogP contribution in [0.4, 0.5) is 4.79 Å². The Morgan fingerprint density at radius 1 is 1.03 bits per heavy atom. The minimum atomic E-state index is -3.61. The van der Waals surface area contributed by atoms with Crippen LogP contribution in [0.15, 0.2) is 64.7 Å². The molecular weight excluding hydrogens is 504 g/mol. The molecule has 0 radical (unpaired) electrons. The predicted octanol–water partition coefficient (Wildman–Crippen LogP) is 3.21. The molecule has 204 valence electrons. The number of carbonyl (C=O) groups is 2. The fraction of sp³-hybridized carbons (Fsp3) is 0.429. The molecule has 0 aromatic heterocycles. The Bertz CT molecular complexity index is 1320. The number of aryl methyl sites for hydroxylation is 2. The molecule has 0 unspecified atom stereocenters. The Balaban J connectivity index is 1.61. The van der Waals surface area contributed by atoms with E-state index in [1.807, 2.05) is 38.1 Å². The van der Waals surface area contributed by atoms with E-state index in [0.717, 1.165) is 16.7 Å². The van der Waals surface area contributed by atoms with Gasteiger partial charge in [0, 0.05) is 38.9 Å². The molecule has 0 spiro atoms. The summed E-state index contributed by atoms with van der Waals surface area (Å²) < 4.78 is 33.5. The third-order valence-electron chi connectivity index (χ3n) is 7.03. The number of nitrogens with one attached hydrogen (secondary N) is 1. The molecular formula is C28H36N4O5S. The molecule has 0 bridgehead atoms. The molecule has 2 aliphatic rings. The third-order valence-corrected chi connectivity index (χ3v) is 8.94. The van der Waals surface area contributed by atoms with E-state index in [4.69, 9.17) is 4.74 Å². The summed E-state index contributed by atoms with van der Waals surface area (Å²) >= 11 is 0. The fourth-order valence-electron chi connectivity index (χ4n) is 4.91. The van der Waals surface area contributed by atoms with E-state index in [0.29, 0.717) is 50.4 Å². The summed E-state index contributed by atoms with van der Waals surface area (Å²) in [4.78, 5) is 30.1. The Morgan fingerprint density at radius 2 is 1.76 bits per heavy atom. The quantitative estimate of drug-likeness (QED) is 0.542. The van der Waals surface area contributed by atoms with E-state index < -0.39 is 22.0 Å². The third kappa shape index (κ3) is 5.92. The van der Waals surface area contributed by atoms with Gasteiger partial charge >= 0.3 is 12.0 Å². The van der Waals surface area contributed by atoms with Crippen LogP contribution in [0, 0.1) is 13.8 Å². The van der Waals surface area contributed by atoms with Crippen LogP contribution >= 0.6 is 0 Å². The van der Waals surface area contributed by atoms with Crippen LogP contribution < -0.4 is 5.32 Å². The summed E-state index contributed by atoms with van der Waals surface area (Å²) in [6.45, 7) is 7.98. The van der Waals surface area contributed by atoms with Gasteiger partial charge in [-0.3, -0.25) is 9.80 Å². The van der Waals surface area contributed by atoms with Crippen LogP contribution in [0.5, 0.6) is 0 Å². The molecule has 4 rings (SSSR count). The topological polar surface area (TPSA) is 99.3 Å². The number of sulfonamides is 1. The minimum absolute atomic E-state index is 0.212. The van der Waals surface area contributed by atoms with Gasteiger partial charge in [0.1, 0.15) is 0 Å². The van der Waals surface area contributed by atoms with Crippen molar-refractivity contribution >= 4 is 22.0 Å². The average molecular weight is 541 g/mol. The largest absolute Gasteiger partial charge is 0.463 e. The molecule has 2 aromatic carbocycles. The predicted molar refractivity (Wildman–Crippen MR) is 145 cm³/mol. The van der Waals surface area contributed by atoms with E-state index in [2.05, 4.69) is 10.2 Å². The first kappa shape index (κ1) is 27.8. The van der Waals surface area contributed by atoms with Gasteiger partial charge < -0.3 is 10.1 Å². The van der Waals surface area contributed by atoms with E-state index in [-0.39, 0.29) is 17.5 Å². The summed E-state index contributed by atoms with van der Waals surface area (Å²) in [5, 5.41) is 2.95. The molecule has 2 heterocycles. The van der Waals surface area contributed by atoms with Crippen molar-refractivity contribution in [1.29, 1.82) is 0 Å². The van der Waals surface area contributed by atoms with Gasteiger partial charge in [0.05, 0.1) is 23.1 Å². The zero-order chi connectivity index (χ0) is 27.4. The normalized spacial score (nSPS) is 19.7. The van der Waals surface area contributed by atoms with Crippen LogP contribution in [0.2, 0.25) is 0 Å². The van der Waals surface area contributed by atoms with E-state index >= 15 is 0 Å². The molecule has 2 aromatic rings. The van der Waals surface area contributed by atoms with Gasteiger partial charge in [0.15, 0.2) is 0 Å². The molecule has 2 aliphatic heterocycles. The summed E-state index contributed by atoms with van der Waals surface area (Å²) in [6.07, 6.45) is 0.629. The Kier molecular flexibility index (Phi) is 8.54. The van der Waals surface area contributed by atoms with Gasteiger partial charge in [-0.05, 0) is 51.4 Å². The molecule has 38 heavy (non-hydrogen) atoms. The number of amides is 2. The number of carbonyl (C=O) groups excluding carboxylic acids is 2. The van der Waals surface area contributed by atoms with Crippen LogP contribution in [-0.4, -0.2) is 80.9 Å². The summed E-state index contributed by atoms with van der Waals surface area (Å²) in [7, 11) is -1.97. The Morgan fingerprint density at radius 3 is 2.45 bits per heavy atom. The maximum Gasteiger partial charge on any atom is 0.338 e. The highest BCUT2D eigenvalue weighted by Crippen LogP contribution is 2.32. The maximum absolute atomic E-state index is 13.3. The average Bonchev–Trinajstić information content (AvgIpc) is 3.13. The van der Waals surface area contributed by atoms with E-state index in [1.54, 1.807) is 38.2 Å². The van der Waals surface area contributed by atoms with Crippen LogP contribution in [0.3, 0.4) is 0 Å². The molecule has 2 amide bonds. The second-order valence-corrected chi connectivity index (χ2v) is 11.7. The standard InChI is InChI=1S/C28H36N4O5S/c1-5-37-27(33)25-24(30(4)28(34)29-26(25)22-9-6-8-21(3)18-22)19-31-14-7-15-32(17-16-31)38(35,36)23-12-10-20(2)11-13-23/h6,8-13,18,26H,5,7,14-17,19H2,1-4H3,(H,29,34)/t26-/m0/s1. The van der Waals surface area contributed by atoms with Crippen molar-refractivity contribution in [2.24, 2.45) is 0 Å². The number of hydrogen-bond donors (Lipinski definition) is 1. The number of rotatable bonds is 7. The lowest BCUT2D eigenvalue weighted by molar-refractivity contribution is -0.139. The minimum Gasteiger partial charge on any atom is -0.463 e. The molecule has 1 fully saturated rings. The van der Waals surface area contributed by atoms with Crippen molar-refractivity contribution < 1.29 is 22.7 Å². The van der Waals surface area contributed by atoms with Gasteiger partial charge in [0.25, 0.3) is 0 Å². The van der Waals surface area contributed by atoms with Crippen LogP contribution in [-0.2, 0) is 19.6 Å². The number of nitrogens with zero attached hydrogens (tertiary/aromatic N) is 3. The monoisotopic (exact) mass is 540 g/mol. The molecule has 0 saturated carbocycles. The van der Waals surface area contributed by atoms with Gasteiger partial charge in [-0.1, -0.05) is 47.5 Å².